The molecule has 9 heteroatoms. The van der Waals surface area contributed by atoms with Crippen molar-refractivity contribution in [2.75, 3.05) is 6.54 Å². The number of ether oxygens (including phenoxy) is 2. The number of nitrogens with zero attached hydrogens (tertiary/aromatic N) is 3. The molecule has 1 N–H and O–H groups in total. The van der Waals surface area contributed by atoms with Crippen LogP contribution >= 0.6 is 0 Å². The topological polar surface area (TPSA) is 119 Å². The molecule has 210 valence electrons. The summed E-state index contributed by atoms with van der Waals surface area (Å²) < 4.78 is 12.2. The number of rotatable bonds is 1. The molecule has 1 saturated carbocycles. The Balaban J connectivity index is 1.49. The zero-order valence-corrected chi connectivity index (χ0v) is 23.3. The fourth-order valence-corrected chi connectivity index (χ4v) is 5.92. The Kier molecular flexibility index (Phi) is 7.53. The maximum Gasteiger partial charge on any atom is 0.306 e. The average Bonchev–Trinajstić information content (AvgIpc) is 3.53. The van der Waals surface area contributed by atoms with Crippen molar-refractivity contribution < 1.29 is 29.0 Å². The van der Waals surface area contributed by atoms with Crippen LogP contribution in [-0.2, 0) is 25.5 Å². The van der Waals surface area contributed by atoms with Gasteiger partial charge in [-0.25, -0.2) is 9.97 Å². The van der Waals surface area contributed by atoms with E-state index in [1.807, 2.05) is 27.7 Å². The lowest BCUT2D eigenvalue weighted by Gasteiger charge is -2.34. The van der Waals surface area contributed by atoms with Gasteiger partial charge in [0.2, 0.25) is 11.8 Å². The quantitative estimate of drug-likeness (QED) is 0.424. The second-order valence-electron chi connectivity index (χ2n) is 12.5. The molecular formula is C30H39N3O6. The second-order valence-corrected chi connectivity index (χ2v) is 12.5. The molecule has 2 fully saturated rings. The summed E-state index contributed by atoms with van der Waals surface area (Å²) >= 11 is 0. The van der Waals surface area contributed by atoms with Crippen molar-refractivity contribution in [1.29, 1.82) is 0 Å². The number of hydrogen-bond acceptors (Lipinski definition) is 8. The van der Waals surface area contributed by atoms with Gasteiger partial charge in [-0.05, 0) is 49.1 Å². The van der Waals surface area contributed by atoms with E-state index < -0.39 is 23.5 Å². The fraction of sp³-hybridized carbons (Fsp3) is 0.633. The van der Waals surface area contributed by atoms with E-state index in [1.54, 1.807) is 23.1 Å². The number of hydrogen-bond donors (Lipinski definition) is 1. The van der Waals surface area contributed by atoms with E-state index in [4.69, 9.17) is 19.4 Å². The molecule has 1 aliphatic carbocycles. The standard InChI is InChI=1S/C30H39N3O6/c1-17-24(16-34)33-15-26(17)39-28-22(31-21-11-10-19(35)13-23(21)32-28)9-7-5-6-8-18-12-25(18)38-27(36)14-20(29(33)37)30(2,3)4/h10-11,13,16-18,20,24-26,35H,5-9,12,14-15H2,1-4H3/t17-,18+,20+,24+,25+,26-/m0/s1. The first-order chi connectivity index (χ1) is 18.5. The number of aromatic hydroxyl groups is 1. The first-order valence-corrected chi connectivity index (χ1v) is 14.2. The molecule has 2 aromatic rings. The number of carbonyl (C=O) groups excluding carboxylic acids is 3. The highest BCUT2D eigenvalue weighted by atomic mass is 16.5. The number of fused-ring (bicyclic) bond motifs is 5. The third-order valence-electron chi connectivity index (χ3n) is 8.57. The summed E-state index contributed by atoms with van der Waals surface area (Å²) in [6, 6.07) is 4.20. The van der Waals surface area contributed by atoms with E-state index >= 15 is 0 Å². The molecule has 1 saturated heterocycles. The Morgan fingerprint density at radius 2 is 1.85 bits per heavy atom. The molecule has 0 spiro atoms. The zero-order chi connectivity index (χ0) is 27.9. The van der Waals surface area contributed by atoms with Crippen LogP contribution in [0.4, 0.5) is 0 Å². The highest BCUT2D eigenvalue weighted by molar-refractivity contribution is 5.87. The van der Waals surface area contributed by atoms with E-state index in [2.05, 4.69) is 0 Å². The summed E-state index contributed by atoms with van der Waals surface area (Å²) in [5.41, 5.74) is 1.43. The van der Waals surface area contributed by atoms with Crippen LogP contribution < -0.4 is 4.74 Å². The lowest BCUT2D eigenvalue weighted by molar-refractivity contribution is -0.153. The number of aldehydes is 1. The van der Waals surface area contributed by atoms with Gasteiger partial charge in [0.05, 0.1) is 36.0 Å². The van der Waals surface area contributed by atoms with Gasteiger partial charge in [0.25, 0.3) is 0 Å². The summed E-state index contributed by atoms with van der Waals surface area (Å²) in [5.74, 6) is -0.659. The molecule has 1 aromatic heterocycles. The van der Waals surface area contributed by atoms with E-state index in [0.717, 1.165) is 44.1 Å². The first kappa shape index (κ1) is 27.3. The largest absolute Gasteiger partial charge is 0.508 e. The van der Waals surface area contributed by atoms with Gasteiger partial charge in [-0.3, -0.25) is 9.59 Å². The van der Waals surface area contributed by atoms with Crippen LogP contribution in [0.3, 0.4) is 0 Å². The lowest BCUT2D eigenvalue weighted by atomic mass is 9.77. The van der Waals surface area contributed by atoms with Gasteiger partial charge in [0.15, 0.2) is 0 Å². The van der Waals surface area contributed by atoms with Crippen LogP contribution in [0.15, 0.2) is 18.2 Å². The van der Waals surface area contributed by atoms with Gasteiger partial charge in [-0.2, -0.15) is 0 Å². The van der Waals surface area contributed by atoms with Crippen molar-refractivity contribution >= 4 is 29.2 Å². The SMILES string of the molecule is C[C@@H]1[C@@H]2CN(C(=O)[C@H](C(C)(C)C)CC(=O)O[C@@H]3C[C@H]3CCCCCc3nc4ccc(O)cc4nc3O2)[C@@H]1C=O. The Morgan fingerprint density at radius 3 is 2.59 bits per heavy atom. The van der Waals surface area contributed by atoms with Crippen molar-refractivity contribution in [3.63, 3.8) is 0 Å². The Labute approximate surface area is 229 Å². The molecule has 1 aromatic carbocycles. The summed E-state index contributed by atoms with van der Waals surface area (Å²) in [7, 11) is 0. The number of aryl methyl sites for hydroxylation is 1. The zero-order valence-electron chi connectivity index (χ0n) is 23.3. The third-order valence-corrected chi connectivity index (χ3v) is 8.57. The van der Waals surface area contributed by atoms with Crippen molar-refractivity contribution in [2.45, 2.75) is 90.9 Å². The second kappa shape index (κ2) is 10.7. The maximum atomic E-state index is 13.9. The number of phenolic OH excluding ortho intramolecular Hbond substituents is 1. The highest BCUT2D eigenvalue weighted by Crippen LogP contribution is 2.40. The van der Waals surface area contributed by atoms with Crippen molar-refractivity contribution in [1.82, 2.24) is 14.9 Å². The maximum absolute atomic E-state index is 13.9. The van der Waals surface area contributed by atoms with Gasteiger partial charge in [-0.1, -0.05) is 40.5 Å². The predicted molar refractivity (Wildman–Crippen MR) is 144 cm³/mol. The van der Waals surface area contributed by atoms with Gasteiger partial charge in [0.1, 0.15) is 29.9 Å². The van der Waals surface area contributed by atoms with E-state index in [9.17, 15) is 19.5 Å². The third kappa shape index (κ3) is 5.87. The minimum Gasteiger partial charge on any atom is -0.508 e. The summed E-state index contributed by atoms with van der Waals surface area (Å²) in [5, 5.41) is 9.99. The minimum absolute atomic E-state index is 0.0165. The van der Waals surface area contributed by atoms with Gasteiger partial charge >= 0.3 is 5.97 Å². The number of aromatic nitrogens is 2. The normalized spacial score (nSPS) is 30.4. The van der Waals surface area contributed by atoms with Crippen molar-refractivity contribution in [3.8, 4) is 11.6 Å². The van der Waals surface area contributed by atoms with Gasteiger partial charge < -0.3 is 24.3 Å². The van der Waals surface area contributed by atoms with Gasteiger partial charge in [-0.15, -0.1) is 0 Å². The lowest BCUT2D eigenvalue weighted by Crippen LogP contribution is -2.46. The monoisotopic (exact) mass is 537 g/mol. The Hall–Kier alpha value is -3.23. The van der Waals surface area contributed by atoms with Crippen LogP contribution in [-0.4, -0.2) is 62.9 Å². The van der Waals surface area contributed by atoms with Crippen LogP contribution in [0.25, 0.3) is 11.0 Å². The van der Waals surface area contributed by atoms with E-state index in [1.165, 1.54) is 0 Å². The number of carbonyl (C=O) groups is 3. The Morgan fingerprint density at radius 1 is 1.05 bits per heavy atom. The average molecular weight is 538 g/mol. The van der Waals surface area contributed by atoms with E-state index in [-0.39, 0.29) is 42.6 Å². The molecule has 39 heavy (non-hydrogen) atoms. The predicted octanol–water partition coefficient (Wildman–Crippen LogP) is 4.23. The molecule has 3 aliphatic rings. The summed E-state index contributed by atoms with van der Waals surface area (Å²) in [4.78, 5) is 50.1. The molecule has 3 heterocycles. The van der Waals surface area contributed by atoms with E-state index in [0.29, 0.717) is 29.3 Å². The Bertz CT molecular complexity index is 1260. The van der Waals surface area contributed by atoms with Crippen molar-refractivity contribution in [3.05, 3.63) is 23.9 Å². The molecule has 1 amide bonds. The molecule has 6 atom stereocenters. The molecule has 0 radical (unpaired) electrons. The number of esters is 1. The van der Waals surface area contributed by atoms with Crippen LogP contribution in [0, 0.1) is 23.2 Å². The van der Waals surface area contributed by atoms with Crippen LogP contribution in [0.1, 0.15) is 71.9 Å². The van der Waals surface area contributed by atoms with Crippen LogP contribution in [0.5, 0.6) is 11.6 Å². The highest BCUT2D eigenvalue weighted by Gasteiger charge is 2.48. The number of benzene rings is 1. The first-order valence-electron chi connectivity index (χ1n) is 14.2. The number of phenols is 1. The van der Waals surface area contributed by atoms with Crippen molar-refractivity contribution in [2.24, 2.45) is 23.2 Å². The molecule has 2 bridgehead atoms. The number of amides is 1. The smallest absolute Gasteiger partial charge is 0.306 e. The minimum atomic E-state index is -0.681. The molecule has 9 nitrogen and oxygen atoms in total. The molecular weight excluding hydrogens is 498 g/mol. The van der Waals surface area contributed by atoms with Crippen LogP contribution in [0.2, 0.25) is 0 Å². The molecule has 0 unspecified atom stereocenters. The summed E-state index contributed by atoms with van der Waals surface area (Å²) in [6.07, 6.45) is 5.73. The fourth-order valence-electron chi connectivity index (χ4n) is 5.92. The molecule has 5 rings (SSSR count). The summed E-state index contributed by atoms with van der Waals surface area (Å²) in [6.45, 7) is 7.90. The molecule has 2 aliphatic heterocycles. The van der Waals surface area contributed by atoms with Gasteiger partial charge in [0, 0.05) is 12.0 Å².